The van der Waals surface area contributed by atoms with Crippen molar-refractivity contribution in [2.45, 2.75) is 24.5 Å². The number of carbonyl (C=O) groups is 1. The topological polar surface area (TPSA) is 66.9 Å². The highest BCUT2D eigenvalue weighted by Crippen LogP contribution is 2.34. The maximum atomic E-state index is 13.1. The normalized spacial score (nSPS) is 23.6. The SMILES string of the molecule is COc1cccc(C(=O)N2CC[C@@H]3CN(CCc4ccccc4)S(=O)(=O)[C@@H]3CC2)c1. The molecule has 2 aliphatic heterocycles. The first kappa shape index (κ1) is 20.9. The lowest BCUT2D eigenvalue weighted by molar-refractivity contribution is 0.0758. The van der Waals surface area contributed by atoms with Crippen LogP contribution in [0.3, 0.4) is 0 Å². The number of benzene rings is 2. The minimum absolute atomic E-state index is 0.0628. The molecule has 7 heteroatoms. The predicted molar refractivity (Wildman–Crippen MR) is 116 cm³/mol. The van der Waals surface area contributed by atoms with Gasteiger partial charge in [0.1, 0.15) is 5.75 Å². The molecule has 0 radical (unpaired) electrons. The van der Waals surface area contributed by atoms with Crippen molar-refractivity contribution in [3.63, 3.8) is 0 Å². The van der Waals surface area contributed by atoms with Gasteiger partial charge in [-0.05, 0) is 48.9 Å². The van der Waals surface area contributed by atoms with Gasteiger partial charge in [-0.1, -0.05) is 36.4 Å². The number of fused-ring (bicyclic) bond motifs is 1. The molecule has 6 nitrogen and oxygen atoms in total. The van der Waals surface area contributed by atoms with E-state index in [1.54, 1.807) is 40.6 Å². The fourth-order valence-corrected chi connectivity index (χ4v) is 6.79. The van der Waals surface area contributed by atoms with Crippen LogP contribution in [0.5, 0.6) is 5.75 Å². The summed E-state index contributed by atoms with van der Waals surface area (Å²) in [5, 5.41) is -0.392. The zero-order chi connectivity index (χ0) is 21.1. The quantitative estimate of drug-likeness (QED) is 0.735. The van der Waals surface area contributed by atoms with E-state index >= 15 is 0 Å². The number of methoxy groups -OCH3 is 1. The number of hydrogen-bond acceptors (Lipinski definition) is 4. The van der Waals surface area contributed by atoms with E-state index in [9.17, 15) is 13.2 Å². The summed E-state index contributed by atoms with van der Waals surface area (Å²) in [6, 6.07) is 17.1. The number of rotatable bonds is 5. The molecule has 0 saturated carbocycles. The summed E-state index contributed by atoms with van der Waals surface area (Å²) < 4.78 is 33.2. The van der Waals surface area contributed by atoms with Crippen molar-refractivity contribution in [1.29, 1.82) is 0 Å². The monoisotopic (exact) mass is 428 g/mol. The first-order chi connectivity index (χ1) is 14.5. The molecular formula is C23H28N2O4S. The molecule has 4 rings (SSSR count). The molecule has 2 aromatic rings. The molecule has 0 N–H and O–H groups in total. The van der Waals surface area contributed by atoms with E-state index in [1.807, 2.05) is 30.3 Å². The van der Waals surface area contributed by atoms with Crippen LogP contribution in [0.25, 0.3) is 0 Å². The lowest BCUT2D eigenvalue weighted by atomic mass is 10.0. The minimum atomic E-state index is -3.33. The maximum absolute atomic E-state index is 13.1. The number of likely N-dealkylation sites (tertiary alicyclic amines) is 1. The Hall–Kier alpha value is -2.38. The Labute approximate surface area is 178 Å². The third-order valence-corrected chi connectivity index (χ3v) is 8.69. The van der Waals surface area contributed by atoms with E-state index in [0.29, 0.717) is 50.3 Å². The van der Waals surface area contributed by atoms with Crippen LogP contribution in [0.15, 0.2) is 54.6 Å². The van der Waals surface area contributed by atoms with Crippen molar-refractivity contribution < 1.29 is 17.9 Å². The van der Waals surface area contributed by atoms with Gasteiger partial charge in [0.2, 0.25) is 10.0 Å². The van der Waals surface area contributed by atoms with Crippen LogP contribution < -0.4 is 4.74 Å². The molecule has 0 aromatic heterocycles. The Balaban J connectivity index is 1.41. The summed E-state index contributed by atoms with van der Waals surface area (Å²) >= 11 is 0. The van der Waals surface area contributed by atoms with Gasteiger partial charge in [0.05, 0.1) is 12.4 Å². The molecule has 0 aliphatic carbocycles. The molecular weight excluding hydrogens is 400 g/mol. The van der Waals surface area contributed by atoms with Crippen LogP contribution in [-0.2, 0) is 16.4 Å². The van der Waals surface area contributed by atoms with Gasteiger partial charge in [0.25, 0.3) is 5.91 Å². The molecule has 2 saturated heterocycles. The Morgan fingerprint density at radius 1 is 1.07 bits per heavy atom. The maximum Gasteiger partial charge on any atom is 0.253 e. The summed E-state index contributed by atoms with van der Waals surface area (Å²) in [4.78, 5) is 14.7. The average Bonchev–Trinajstić information content (AvgIpc) is 2.90. The molecule has 2 fully saturated rings. The number of ether oxygens (including phenoxy) is 1. The van der Waals surface area contributed by atoms with E-state index in [1.165, 1.54) is 0 Å². The summed E-state index contributed by atoms with van der Waals surface area (Å²) in [5.41, 5.74) is 1.73. The molecule has 2 aromatic carbocycles. The Kier molecular flexibility index (Phi) is 6.11. The lowest BCUT2D eigenvalue weighted by Gasteiger charge is -2.22. The zero-order valence-corrected chi connectivity index (χ0v) is 18.1. The number of hydrogen-bond donors (Lipinski definition) is 0. The largest absolute Gasteiger partial charge is 0.497 e. The van der Waals surface area contributed by atoms with Crippen LogP contribution in [-0.4, -0.2) is 62.1 Å². The van der Waals surface area contributed by atoms with Crippen molar-refractivity contribution in [2.24, 2.45) is 5.92 Å². The van der Waals surface area contributed by atoms with Crippen molar-refractivity contribution >= 4 is 15.9 Å². The van der Waals surface area contributed by atoms with Gasteiger partial charge in [0.15, 0.2) is 0 Å². The smallest absolute Gasteiger partial charge is 0.253 e. The van der Waals surface area contributed by atoms with E-state index in [4.69, 9.17) is 4.74 Å². The van der Waals surface area contributed by atoms with Gasteiger partial charge in [-0.25, -0.2) is 12.7 Å². The van der Waals surface area contributed by atoms with Gasteiger partial charge in [0, 0.05) is 31.7 Å². The molecule has 2 aliphatic rings. The van der Waals surface area contributed by atoms with Crippen molar-refractivity contribution in [2.75, 3.05) is 33.3 Å². The second-order valence-corrected chi connectivity index (χ2v) is 10.2. The molecule has 2 heterocycles. The first-order valence-corrected chi connectivity index (χ1v) is 12.0. The van der Waals surface area contributed by atoms with Crippen LogP contribution in [0.4, 0.5) is 0 Å². The number of nitrogens with zero attached hydrogens (tertiary/aromatic N) is 2. The Morgan fingerprint density at radius 2 is 1.83 bits per heavy atom. The van der Waals surface area contributed by atoms with Crippen molar-refractivity contribution in [3.8, 4) is 5.75 Å². The Bertz CT molecular complexity index is 993. The summed E-state index contributed by atoms with van der Waals surface area (Å²) in [5.74, 6) is 0.658. The van der Waals surface area contributed by atoms with Gasteiger partial charge in [-0.3, -0.25) is 4.79 Å². The van der Waals surface area contributed by atoms with Gasteiger partial charge >= 0.3 is 0 Å². The van der Waals surface area contributed by atoms with Gasteiger partial charge < -0.3 is 9.64 Å². The summed E-state index contributed by atoms with van der Waals surface area (Å²) in [7, 11) is -1.76. The highest BCUT2D eigenvalue weighted by atomic mass is 32.2. The number of carbonyl (C=O) groups excluding carboxylic acids is 1. The second kappa shape index (κ2) is 8.78. The highest BCUT2D eigenvalue weighted by molar-refractivity contribution is 7.90. The molecule has 1 amide bonds. The molecule has 2 atom stereocenters. The summed E-state index contributed by atoms with van der Waals surface area (Å²) in [6.45, 7) is 2.12. The van der Waals surface area contributed by atoms with Crippen LogP contribution in [0.1, 0.15) is 28.8 Å². The highest BCUT2D eigenvalue weighted by Gasteiger charge is 2.46. The fourth-order valence-electron chi connectivity index (χ4n) is 4.55. The molecule has 0 unspecified atom stereocenters. The van der Waals surface area contributed by atoms with E-state index in [2.05, 4.69) is 0 Å². The van der Waals surface area contributed by atoms with Crippen LogP contribution in [0.2, 0.25) is 0 Å². The predicted octanol–water partition coefficient (Wildman–Crippen LogP) is 2.80. The minimum Gasteiger partial charge on any atom is -0.497 e. The molecule has 160 valence electrons. The third kappa shape index (κ3) is 4.23. The number of amides is 1. The lowest BCUT2D eigenvalue weighted by Crippen LogP contribution is -2.35. The average molecular weight is 429 g/mol. The van der Waals surface area contributed by atoms with Crippen LogP contribution >= 0.6 is 0 Å². The standard InChI is InChI=1S/C23H28N2O4S/c1-29-21-9-5-8-19(16-21)23(26)24-13-11-20-17-25(30(27,28)22(20)12-14-24)15-10-18-6-3-2-4-7-18/h2-9,16,20,22H,10-15,17H2,1H3/t20-,22-/m1/s1. The van der Waals surface area contributed by atoms with E-state index in [-0.39, 0.29) is 11.8 Å². The molecule has 30 heavy (non-hydrogen) atoms. The van der Waals surface area contributed by atoms with Gasteiger partial charge in [-0.2, -0.15) is 0 Å². The second-order valence-electron chi connectivity index (χ2n) is 8.04. The van der Waals surface area contributed by atoms with Crippen molar-refractivity contribution in [3.05, 3.63) is 65.7 Å². The Morgan fingerprint density at radius 3 is 2.60 bits per heavy atom. The fraction of sp³-hybridized carbons (Fsp3) is 0.435. The van der Waals surface area contributed by atoms with Gasteiger partial charge in [-0.15, -0.1) is 0 Å². The first-order valence-electron chi connectivity index (χ1n) is 10.5. The molecule has 0 bridgehead atoms. The van der Waals surface area contributed by atoms with Crippen LogP contribution in [0, 0.1) is 5.92 Å². The van der Waals surface area contributed by atoms with E-state index < -0.39 is 15.3 Å². The van der Waals surface area contributed by atoms with E-state index in [0.717, 1.165) is 12.0 Å². The number of sulfonamides is 1. The zero-order valence-electron chi connectivity index (χ0n) is 17.2. The summed E-state index contributed by atoms with van der Waals surface area (Å²) in [6.07, 6.45) is 1.92. The molecule has 0 spiro atoms. The third-order valence-electron chi connectivity index (χ3n) is 6.26. The van der Waals surface area contributed by atoms with Crippen molar-refractivity contribution in [1.82, 2.24) is 9.21 Å².